The van der Waals surface area contributed by atoms with Crippen LogP contribution in [0.4, 0.5) is 31.8 Å². The zero-order valence-electron chi connectivity index (χ0n) is 24.3. The molecule has 44 heavy (non-hydrogen) atoms. The van der Waals surface area contributed by atoms with Crippen molar-refractivity contribution in [2.45, 2.75) is 46.5 Å². The number of anilines is 4. The zero-order chi connectivity index (χ0) is 32.6. The SMILES string of the molecule is CC(C)c1nc(Nc2cc(Cl)nnc2C(N)=O)ccc1F.CCOC(=O)c1nnc(Cl)cc1Nc1ccc(F)c(C(C)C)n1. The number of amides is 1. The fourth-order valence-electron chi connectivity index (χ4n) is 3.60. The number of pyridine rings is 2. The number of halogens is 4. The van der Waals surface area contributed by atoms with Crippen LogP contribution in [0.15, 0.2) is 36.4 Å². The Morgan fingerprint density at radius 2 is 1.23 bits per heavy atom. The van der Waals surface area contributed by atoms with Crippen LogP contribution in [0.25, 0.3) is 0 Å². The molecule has 16 heteroatoms. The van der Waals surface area contributed by atoms with Crippen LogP contribution in [0, 0.1) is 11.6 Å². The molecule has 0 saturated carbocycles. The Hall–Kier alpha value is -4.56. The number of ether oxygens (including phenoxy) is 1. The van der Waals surface area contributed by atoms with E-state index in [2.05, 4.69) is 41.0 Å². The van der Waals surface area contributed by atoms with Crippen molar-refractivity contribution in [1.82, 2.24) is 30.4 Å². The van der Waals surface area contributed by atoms with Crippen LogP contribution >= 0.6 is 23.2 Å². The highest BCUT2D eigenvalue weighted by atomic mass is 35.5. The summed E-state index contributed by atoms with van der Waals surface area (Å²) < 4.78 is 32.3. The molecule has 4 rings (SSSR count). The normalized spacial score (nSPS) is 10.7. The van der Waals surface area contributed by atoms with Gasteiger partial charge in [0.1, 0.15) is 23.3 Å². The number of aromatic nitrogens is 6. The maximum Gasteiger partial charge on any atom is 0.361 e. The van der Waals surface area contributed by atoms with E-state index in [9.17, 15) is 18.4 Å². The number of nitrogens with two attached hydrogens (primary N) is 1. The minimum atomic E-state index is -0.757. The molecule has 0 atom stereocenters. The predicted octanol–water partition coefficient (Wildman–Crippen LogP) is 6.34. The lowest BCUT2D eigenvalue weighted by Crippen LogP contribution is -2.16. The molecule has 0 aliphatic heterocycles. The average Bonchev–Trinajstić information content (AvgIpc) is 2.95. The lowest BCUT2D eigenvalue weighted by Gasteiger charge is -2.12. The van der Waals surface area contributed by atoms with E-state index in [1.54, 1.807) is 6.92 Å². The molecule has 0 bridgehead atoms. The van der Waals surface area contributed by atoms with E-state index in [1.807, 2.05) is 27.7 Å². The number of primary amides is 1. The zero-order valence-corrected chi connectivity index (χ0v) is 25.8. The monoisotopic (exact) mass is 647 g/mol. The number of nitrogens with one attached hydrogen (secondary N) is 2. The Morgan fingerprint density at radius 1 is 0.795 bits per heavy atom. The van der Waals surface area contributed by atoms with Crippen LogP contribution in [0.1, 0.15) is 78.8 Å². The summed E-state index contributed by atoms with van der Waals surface area (Å²) in [5, 5.41) is 20.5. The predicted molar refractivity (Wildman–Crippen MR) is 162 cm³/mol. The van der Waals surface area contributed by atoms with Crippen molar-refractivity contribution >= 4 is 58.1 Å². The minimum Gasteiger partial charge on any atom is -0.461 e. The average molecular weight is 649 g/mol. The van der Waals surface area contributed by atoms with Crippen LogP contribution in [0.5, 0.6) is 0 Å². The number of carbonyl (C=O) groups is 2. The number of hydrogen-bond donors (Lipinski definition) is 3. The summed E-state index contributed by atoms with van der Waals surface area (Å²) in [7, 11) is 0. The molecule has 0 saturated heterocycles. The Bertz CT molecular complexity index is 1660. The van der Waals surface area contributed by atoms with Crippen molar-refractivity contribution in [2.75, 3.05) is 17.2 Å². The lowest BCUT2D eigenvalue weighted by molar-refractivity contribution is 0.0519. The molecular formula is C28H29Cl2F2N9O3. The highest BCUT2D eigenvalue weighted by Crippen LogP contribution is 2.25. The smallest absolute Gasteiger partial charge is 0.361 e. The first-order chi connectivity index (χ1) is 20.8. The third-order valence-electron chi connectivity index (χ3n) is 5.60. The molecule has 4 heterocycles. The second-order valence-corrected chi connectivity index (χ2v) is 10.4. The topological polar surface area (TPSA) is 171 Å². The van der Waals surface area contributed by atoms with E-state index in [4.69, 9.17) is 33.7 Å². The van der Waals surface area contributed by atoms with Crippen molar-refractivity contribution in [3.8, 4) is 0 Å². The molecular weight excluding hydrogens is 619 g/mol. The first-order valence-corrected chi connectivity index (χ1v) is 14.0. The fraction of sp³-hybridized carbons (Fsp3) is 0.286. The van der Waals surface area contributed by atoms with E-state index in [0.29, 0.717) is 23.0 Å². The number of esters is 1. The summed E-state index contributed by atoms with van der Waals surface area (Å²) in [6.45, 7) is 9.22. The van der Waals surface area contributed by atoms with Crippen LogP contribution < -0.4 is 16.4 Å². The third kappa shape index (κ3) is 8.97. The largest absolute Gasteiger partial charge is 0.461 e. The van der Waals surface area contributed by atoms with Gasteiger partial charge in [0.25, 0.3) is 5.91 Å². The Labute approximate surface area is 261 Å². The Balaban J connectivity index is 0.000000241. The number of carbonyl (C=O) groups excluding carboxylic acids is 2. The van der Waals surface area contributed by atoms with Gasteiger partial charge < -0.3 is 21.1 Å². The quantitative estimate of drug-likeness (QED) is 0.173. The summed E-state index contributed by atoms with van der Waals surface area (Å²) >= 11 is 11.6. The summed E-state index contributed by atoms with van der Waals surface area (Å²) in [5.74, 6) is -1.62. The molecule has 0 aliphatic rings. The second kappa shape index (κ2) is 15.3. The van der Waals surface area contributed by atoms with E-state index >= 15 is 0 Å². The number of nitrogens with zero attached hydrogens (tertiary/aromatic N) is 6. The molecule has 0 spiro atoms. The maximum absolute atomic E-state index is 13.7. The van der Waals surface area contributed by atoms with Gasteiger partial charge >= 0.3 is 5.97 Å². The lowest BCUT2D eigenvalue weighted by atomic mass is 10.1. The Kier molecular flexibility index (Phi) is 11.8. The van der Waals surface area contributed by atoms with E-state index < -0.39 is 17.7 Å². The van der Waals surface area contributed by atoms with Gasteiger partial charge in [0, 0.05) is 12.1 Å². The molecule has 0 radical (unpaired) electrons. The van der Waals surface area contributed by atoms with Gasteiger partial charge in [-0.15, -0.1) is 20.4 Å². The van der Waals surface area contributed by atoms with Crippen molar-refractivity contribution < 1.29 is 23.1 Å². The van der Waals surface area contributed by atoms with Gasteiger partial charge in [-0.25, -0.2) is 23.5 Å². The summed E-state index contributed by atoms with van der Waals surface area (Å²) in [6.07, 6.45) is 0. The van der Waals surface area contributed by atoms with Crippen molar-refractivity contribution in [2.24, 2.45) is 5.73 Å². The molecule has 1 amide bonds. The summed E-state index contributed by atoms with van der Waals surface area (Å²) in [6, 6.07) is 8.34. The Morgan fingerprint density at radius 3 is 1.64 bits per heavy atom. The summed E-state index contributed by atoms with van der Waals surface area (Å²) in [5.41, 5.74) is 6.31. The molecule has 0 unspecified atom stereocenters. The maximum atomic E-state index is 13.7. The van der Waals surface area contributed by atoms with Gasteiger partial charge in [0.15, 0.2) is 21.7 Å². The molecule has 4 aromatic heterocycles. The molecule has 4 N–H and O–H groups in total. The van der Waals surface area contributed by atoms with Crippen LogP contribution in [0.3, 0.4) is 0 Å². The van der Waals surface area contributed by atoms with Crippen LogP contribution in [-0.4, -0.2) is 48.8 Å². The van der Waals surface area contributed by atoms with Crippen LogP contribution in [-0.2, 0) is 4.74 Å². The second-order valence-electron chi connectivity index (χ2n) is 9.63. The number of hydrogen-bond acceptors (Lipinski definition) is 11. The van der Waals surface area contributed by atoms with Gasteiger partial charge in [-0.2, -0.15) is 0 Å². The van der Waals surface area contributed by atoms with E-state index in [0.717, 1.165) is 0 Å². The molecule has 0 aromatic carbocycles. The van der Waals surface area contributed by atoms with Crippen molar-refractivity contribution in [3.63, 3.8) is 0 Å². The van der Waals surface area contributed by atoms with Gasteiger partial charge in [-0.05, 0) is 43.0 Å². The highest BCUT2D eigenvalue weighted by Gasteiger charge is 2.18. The van der Waals surface area contributed by atoms with Gasteiger partial charge in [0.2, 0.25) is 0 Å². The van der Waals surface area contributed by atoms with Crippen molar-refractivity contribution in [3.05, 3.63) is 81.1 Å². The molecule has 0 aliphatic carbocycles. The number of rotatable bonds is 9. The molecule has 4 aromatic rings. The van der Waals surface area contributed by atoms with E-state index in [-0.39, 0.29) is 57.3 Å². The van der Waals surface area contributed by atoms with Gasteiger partial charge in [0.05, 0.1) is 29.4 Å². The van der Waals surface area contributed by atoms with E-state index in [1.165, 1.54) is 36.4 Å². The standard InChI is InChI=1S/C15H16ClFN4O2.C13H13ClFN5O/c1-4-23-15(22)14-10(7-11(16)20-21-14)18-12-6-5-9(17)13(19-12)8(2)3;1-6(2)11-7(15)3-4-10(18-11)17-8-5-9(14)19-20-12(8)13(16)21/h5-8H,4H2,1-3H3,(H,18,19,20);3-6H,1-2H3,(H2,16,21)(H,17,18,19). The highest BCUT2D eigenvalue weighted by molar-refractivity contribution is 6.30. The first-order valence-electron chi connectivity index (χ1n) is 13.2. The van der Waals surface area contributed by atoms with Gasteiger partial charge in [-0.3, -0.25) is 4.79 Å². The molecule has 232 valence electrons. The molecule has 12 nitrogen and oxygen atoms in total. The third-order valence-corrected chi connectivity index (χ3v) is 5.97. The summed E-state index contributed by atoms with van der Waals surface area (Å²) in [4.78, 5) is 31.6. The fourth-order valence-corrected chi connectivity index (χ4v) is 3.89. The first kappa shape index (κ1) is 33.9. The minimum absolute atomic E-state index is 0.0199. The van der Waals surface area contributed by atoms with Gasteiger partial charge in [-0.1, -0.05) is 50.9 Å². The van der Waals surface area contributed by atoms with Crippen molar-refractivity contribution in [1.29, 1.82) is 0 Å². The van der Waals surface area contributed by atoms with Crippen LogP contribution in [0.2, 0.25) is 10.3 Å². The molecule has 0 fully saturated rings.